The summed E-state index contributed by atoms with van der Waals surface area (Å²) in [5.74, 6) is -0.440. The zero-order valence-corrected chi connectivity index (χ0v) is 18.8. The molecule has 0 N–H and O–H groups in total. The smallest absolute Gasteiger partial charge is 0.522 e. The van der Waals surface area contributed by atoms with E-state index in [2.05, 4.69) is 4.72 Å². The molecule has 4 nitrogen and oxygen atoms in total. The van der Waals surface area contributed by atoms with Crippen molar-refractivity contribution < 1.29 is 47.1 Å². The number of rotatable bonds is 6. The Balaban J connectivity index is 0.00000261. The van der Waals surface area contributed by atoms with Gasteiger partial charge < -0.3 is 9.46 Å². The molecule has 0 saturated carbocycles. The second kappa shape index (κ2) is 9.65. The fourth-order valence-electron chi connectivity index (χ4n) is 3.09. The summed E-state index contributed by atoms with van der Waals surface area (Å²) in [4.78, 5) is 0.128. The number of methoxy groups -OCH3 is 1. The first-order valence-corrected chi connectivity index (χ1v) is 9.95. The molecule has 0 atom stereocenters. The van der Waals surface area contributed by atoms with Gasteiger partial charge >= 0.3 is 29.6 Å². The normalized spacial score (nSPS) is 14.3. The minimum Gasteiger partial charge on any atom is -0.522 e. The van der Waals surface area contributed by atoms with Gasteiger partial charge in [0.1, 0.15) is 15.8 Å². The largest absolute Gasteiger partial charge is 1.00 e. The van der Waals surface area contributed by atoms with Gasteiger partial charge in [-0.05, 0) is 72.5 Å². The van der Waals surface area contributed by atoms with E-state index < -0.39 is 15.8 Å². The zero-order valence-electron chi connectivity index (χ0n) is 15.2. The molecule has 2 aromatic carbocycles. The number of ether oxygens (including phenoxy) is 1. The van der Waals surface area contributed by atoms with Crippen LogP contribution in [0.4, 0.5) is 4.39 Å². The molecular weight excluding hydrogens is 400 g/mol. The van der Waals surface area contributed by atoms with Gasteiger partial charge in [0.25, 0.3) is 0 Å². The van der Waals surface area contributed by atoms with Gasteiger partial charge in [0, 0.05) is 12.0 Å². The third-order valence-electron chi connectivity index (χ3n) is 4.34. The van der Waals surface area contributed by atoms with Crippen LogP contribution >= 0.6 is 11.6 Å². The summed E-state index contributed by atoms with van der Waals surface area (Å²) in [6.45, 7) is -0.204. The first-order chi connectivity index (χ1) is 12.4. The molecule has 0 radical (unpaired) electrons. The number of hydrogen-bond acceptors (Lipinski definition) is 3. The third-order valence-corrected chi connectivity index (χ3v) is 5.94. The van der Waals surface area contributed by atoms with Crippen molar-refractivity contribution in [1.29, 1.82) is 0 Å². The van der Waals surface area contributed by atoms with Gasteiger partial charge in [-0.15, -0.1) is 0 Å². The molecular formula is C19H18ClFNNaO3S. The molecule has 0 unspecified atom stereocenters. The first kappa shape index (κ1) is 22.6. The van der Waals surface area contributed by atoms with Crippen molar-refractivity contribution in [2.75, 3.05) is 13.8 Å². The maximum Gasteiger partial charge on any atom is 1.00 e. The fourth-order valence-corrected chi connectivity index (χ4v) is 4.14. The van der Waals surface area contributed by atoms with Crippen LogP contribution in [0.5, 0.6) is 0 Å². The standard InChI is InChI=1S/C19H18ClFNO3S.Na/c1-25-12-22-26(23,24)15-8-5-13(6-9-15)16-3-2-4-17(16)14-7-10-19(21)18(20)11-14;/h5-11H,2-4,12H2,1H3;/q-1;+1. The van der Waals surface area contributed by atoms with Crippen LogP contribution in [0.3, 0.4) is 0 Å². The van der Waals surface area contributed by atoms with E-state index in [-0.39, 0.29) is 46.2 Å². The fraction of sp³-hybridized carbons (Fsp3) is 0.263. The number of hydrogen-bond donors (Lipinski definition) is 0. The topological polar surface area (TPSA) is 57.5 Å². The van der Waals surface area contributed by atoms with Crippen LogP contribution in [0.1, 0.15) is 30.4 Å². The van der Waals surface area contributed by atoms with Crippen LogP contribution in [0.25, 0.3) is 15.9 Å². The molecule has 2 aromatic rings. The molecule has 0 bridgehead atoms. The Kier molecular flexibility index (Phi) is 8.06. The second-order valence-corrected chi connectivity index (χ2v) is 8.07. The predicted molar refractivity (Wildman–Crippen MR) is 101 cm³/mol. The second-order valence-electron chi connectivity index (χ2n) is 5.99. The van der Waals surface area contributed by atoms with E-state index in [1.54, 1.807) is 36.4 Å². The molecule has 0 aliphatic heterocycles. The van der Waals surface area contributed by atoms with Crippen molar-refractivity contribution in [3.63, 3.8) is 0 Å². The molecule has 1 aliphatic rings. The summed E-state index contributed by atoms with van der Waals surface area (Å²) in [5.41, 5.74) is 4.09. The summed E-state index contributed by atoms with van der Waals surface area (Å²) < 4.78 is 45.8. The Hall–Kier alpha value is -0.730. The van der Waals surface area contributed by atoms with Gasteiger partial charge in [-0.25, -0.2) is 12.8 Å². The molecule has 0 fully saturated rings. The van der Waals surface area contributed by atoms with E-state index in [0.29, 0.717) is 0 Å². The van der Waals surface area contributed by atoms with E-state index >= 15 is 0 Å². The average Bonchev–Trinajstić information content (AvgIpc) is 3.12. The summed E-state index contributed by atoms with van der Waals surface area (Å²) in [6, 6.07) is 11.4. The maximum absolute atomic E-state index is 13.4. The Morgan fingerprint density at radius 2 is 1.67 bits per heavy atom. The summed E-state index contributed by atoms with van der Waals surface area (Å²) in [5, 5.41) is 0.0995. The van der Waals surface area contributed by atoms with Crippen molar-refractivity contribution in [2.45, 2.75) is 24.2 Å². The number of benzene rings is 2. The zero-order chi connectivity index (χ0) is 18.7. The van der Waals surface area contributed by atoms with Crippen molar-refractivity contribution >= 4 is 32.8 Å². The summed E-state index contributed by atoms with van der Waals surface area (Å²) >= 11 is 5.91. The van der Waals surface area contributed by atoms with Gasteiger partial charge in [0.2, 0.25) is 0 Å². The Morgan fingerprint density at radius 3 is 2.26 bits per heavy atom. The number of allylic oxidation sites excluding steroid dienone is 2. The molecule has 0 heterocycles. The number of nitrogens with zero attached hydrogens (tertiary/aromatic N) is 1. The first-order valence-electron chi connectivity index (χ1n) is 8.13. The Labute approximate surface area is 186 Å². The van der Waals surface area contributed by atoms with Gasteiger partial charge in [0.15, 0.2) is 0 Å². The quantitative estimate of drug-likeness (QED) is 0.677. The summed E-state index contributed by atoms with van der Waals surface area (Å²) in [7, 11) is -2.33. The van der Waals surface area contributed by atoms with Gasteiger partial charge in [-0.1, -0.05) is 29.8 Å². The van der Waals surface area contributed by atoms with Crippen LogP contribution in [0, 0.1) is 5.82 Å². The molecule has 0 saturated heterocycles. The minimum absolute atomic E-state index is 0. The van der Waals surface area contributed by atoms with E-state index in [1.807, 2.05) is 0 Å². The maximum atomic E-state index is 13.4. The van der Waals surface area contributed by atoms with Crippen LogP contribution < -0.4 is 29.6 Å². The molecule has 8 heteroatoms. The number of sulfonamides is 1. The Bertz CT molecular complexity index is 946. The Morgan fingerprint density at radius 1 is 1.07 bits per heavy atom. The van der Waals surface area contributed by atoms with Gasteiger partial charge in [-0.2, -0.15) is 0 Å². The van der Waals surface area contributed by atoms with Crippen LogP contribution in [0.15, 0.2) is 47.4 Å². The van der Waals surface area contributed by atoms with Crippen molar-refractivity contribution in [3.8, 4) is 0 Å². The molecule has 138 valence electrons. The van der Waals surface area contributed by atoms with Crippen LogP contribution in [-0.4, -0.2) is 22.3 Å². The van der Waals surface area contributed by atoms with E-state index in [1.165, 1.54) is 13.2 Å². The van der Waals surface area contributed by atoms with Gasteiger partial charge in [0.05, 0.1) is 5.02 Å². The summed E-state index contributed by atoms with van der Waals surface area (Å²) in [6.07, 6.45) is 2.74. The van der Waals surface area contributed by atoms with E-state index in [9.17, 15) is 12.8 Å². The van der Waals surface area contributed by atoms with Crippen molar-refractivity contribution in [1.82, 2.24) is 0 Å². The average molecular weight is 418 g/mol. The number of halogens is 2. The monoisotopic (exact) mass is 417 g/mol. The van der Waals surface area contributed by atoms with Crippen molar-refractivity contribution in [2.24, 2.45) is 0 Å². The molecule has 1 aliphatic carbocycles. The SMILES string of the molecule is COC[N-]S(=O)(=O)c1ccc(C2=C(c3ccc(F)c(Cl)c3)CCC2)cc1.[Na+]. The predicted octanol–water partition coefficient (Wildman–Crippen LogP) is 2.24. The molecule has 0 spiro atoms. The van der Waals surface area contributed by atoms with Crippen LogP contribution in [-0.2, 0) is 14.8 Å². The molecule has 27 heavy (non-hydrogen) atoms. The molecule has 0 amide bonds. The van der Waals surface area contributed by atoms with Crippen molar-refractivity contribution in [3.05, 3.63) is 69.2 Å². The molecule has 3 rings (SSSR count). The third kappa shape index (κ3) is 5.21. The van der Waals surface area contributed by atoms with E-state index in [0.717, 1.165) is 41.5 Å². The van der Waals surface area contributed by atoms with Gasteiger partial charge in [-0.3, -0.25) is 0 Å². The van der Waals surface area contributed by atoms with Crippen LogP contribution in [0.2, 0.25) is 5.02 Å². The minimum atomic E-state index is -3.71. The van der Waals surface area contributed by atoms with E-state index in [4.69, 9.17) is 16.3 Å². The molecule has 0 aromatic heterocycles.